The van der Waals surface area contributed by atoms with Crippen LogP contribution in [0.4, 0.5) is 5.82 Å². The smallest absolute Gasteiger partial charge is 0.251 e. The maximum absolute atomic E-state index is 12.0. The number of carbonyl (C=O) groups is 1. The third kappa shape index (κ3) is 5.46. The topological polar surface area (TPSA) is 58.1 Å². The van der Waals surface area contributed by atoms with E-state index in [1.165, 1.54) is 0 Å². The Morgan fingerprint density at radius 1 is 1.19 bits per heavy atom. The van der Waals surface area contributed by atoms with E-state index in [2.05, 4.69) is 31.1 Å². The number of hydrogen-bond acceptors (Lipinski definition) is 5. The molecule has 1 amide bonds. The first-order chi connectivity index (χ1) is 12.2. The summed E-state index contributed by atoms with van der Waals surface area (Å²) >= 11 is 1.59. The van der Waals surface area contributed by atoms with Crippen molar-refractivity contribution in [3.8, 4) is 0 Å². The highest BCUT2D eigenvalue weighted by atomic mass is 32.2. The molecule has 0 spiro atoms. The van der Waals surface area contributed by atoms with Crippen molar-refractivity contribution in [2.24, 2.45) is 0 Å². The minimum atomic E-state index is -0.0415. The predicted molar refractivity (Wildman–Crippen MR) is 109 cm³/mol. The van der Waals surface area contributed by atoms with E-state index in [-0.39, 0.29) is 11.3 Å². The van der Waals surface area contributed by atoms with Gasteiger partial charge in [0.2, 0.25) is 0 Å². The quantitative estimate of drug-likeness (QED) is 0.616. The Morgan fingerprint density at radius 2 is 1.92 bits per heavy atom. The van der Waals surface area contributed by atoms with Gasteiger partial charge in [-0.15, -0.1) is 0 Å². The van der Waals surface area contributed by atoms with E-state index >= 15 is 0 Å². The van der Waals surface area contributed by atoms with Crippen LogP contribution in [-0.2, 0) is 11.2 Å². The lowest BCUT2D eigenvalue weighted by atomic mass is 9.92. The molecule has 0 fully saturated rings. The van der Waals surface area contributed by atoms with Gasteiger partial charge in [0.25, 0.3) is 5.91 Å². The van der Waals surface area contributed by atoms with Gasteiger partial charge in [-0.25, -0.2) is 9.97 Å². The van der Waals surface area contributed by atoms with E-state index in [9.17, 15) is 4.79 Å². The zero-order valence-corrected chi connectivity index (χ0v) is 17.3. The summed E-state index contributed by atoms with van der Waals surface area (Å²) in [6.45, 7) is 9.00. The Labute approximate surface area is 160 Å². The van der Waals surface area contributed by atoms with Crippen molar-refractivity contribution in [3.63, 3.8) is 0 Å². The van der Waals surface area contributed by atoms with E-state index in [4.69, 9.17) is 4.98 Å². The molecule has 6 heteroatoms. The molecule has 2 aromatic rings. The van der Waals surface area contributed by atoms with Gasteiger partial charge in [-0.2, -0.15) is 0 Å². The highest BCUT2D eigenvalue weighted by molar-refractivity contribution is 7.98. The van der Waals surface area contributed by atoms with Crippen LogP contribution in [-0.4, -0.2) is 36.5 Å². The van der Waals surface area contributed by atoms with Gasteiger partial charge in [0.05, 0.1) is 5.69 Å². The minimum absolute atomic E-state index is 0.0405. The van der Waals surface area contributed by atoms with Gasteiger partial charge in [-0.3, -0.25) is 4.79 Å². The van der Waals surface area contributed by atoms with Crippen LogP contribution < -0.4 is 10.2 Å². The number of aromatic nitrogens is 2. The van der Waals surface area contributed by atoms with Crippen LogP contribution in [0.5, 0.6) is 0 Å². The van der Waals surface area contributed by atoms with Crippen molar-refractivity contribution in [2.45, 2.75) is 44.0 Å². The monoisotopic (exact) mass is 372 g/mol. The average Bonchev–Trinajstić information content (AvgIpc) is 2.59. The summed E-state index contributed by atoms with van der Waals surface area (Å²) in [7, 11) is 3.97. The molecule has 0 unspecified atom stereocenters. The van der Waals surface area contributed by atoms with Crippen LogP contribution in [0.2, 0.25) is 0 Å². The Hall–Kier alpha value is -2.08. The summed E-state index contributed by atoms with van der Waals surface area (Å²) < 4.78 is 0. The number of carbonyl (C=O) groups excluding carboxylic acids is 1. The third-order valence-electron chi connectivity index (χ3n) is 3.81. The molecule has 0 bridgehead atoms. The molecule has 5 nitrogen and oxygen atoms in total. The van der Waals surface area contributed by atoms with Gasteiger partial charge in [0, 0.05) is 43.4 Å². The molecule has 1 heterocycles. The van der Waals surface area contributed by atoms with Crippen molar-refractivity contribution >= 4 is 23.5 Å². The van der Waals surface area contributed by atoms with E-state index in [0.717, 1.165) is 22.2 Å². The standard InChI is InChI=1S/C20H28N4OS/c1-7-21-18(25)15-10-8-9-14(11-15)13-26-19-22-16(20(2,3)4)12-17(23-19)24(5)6/h8-12H,7,13H2,1-6H3,(H,21,25). The maximum Gasteiger partial charge on any atom is 0.251 e. The number of amides is 1. The molecule has 0 atom stereocenters. The molecule has 140 valence electrons. The van der Waals surface area contributed by atoms with Gasteiger partial charge in [-0.05, 0) is 24.6 Å². The second-order valence-corrected chi connectivity index (χ2v) is 8.33. The van der Waals surface area contributed by atoms with E-state index in [1.807, 2.05) is 56.3 Å². The summed E-state index contributed by atoms with van der Waals surface area (Å²) in [5, 5.41) is 3.59. The molecule has 0 saturated carbocycles. The van der Waals surface area contributed by atoms with Crippen LogP contribution in [0.3, 0.4) is 0 Å². The second-order valence-electron chi connectivity index (χ2n) is 7.39. The Balaban J connectivity index is 2.20. The average molecular weight is 373 g/mol. The lowest BCUT2D eigenvalue weighted by Gasteiger charge is -2.21. The first-order valence-corrected chi connectivity index (χ1v) is 9.76. The molecular formula is C20H28N4OS. The van der Waals surface area contributed by atoms with E-state index in [0.29, 0.717) is 17.9 Å². The molecule has 26 heavy (non-hydrogen) atoms. The largest absolute Gasteiger partial charge is 0.363 e. The first-order valence-electron chi connectivity index (χ1n) is 8.77. The Morgan fingerprint density at radius 3 is 2.54 bits per heavy atom. The minimum Gasteiger partial charge on any atom is -0.363 e. The summed E-state index contributed by atoms with van der Waals surface area (Å²) in [6, 6.07) is 9.74. The summed E-state index contributed by atoms with van der Waals surface area (Å²) in [5.74, 6) is 1.58. The fourth-order valence-corrected chi connectivity index (χ4v) is 3.10. The number of thioether (sulfide) groups is 1. The van der Waals surface area contributed by atoms with Crippen molar-refractivity contribution in [3.05, 3.63) is 47.2 Å². The summed E-state index contributed by atoms with van der Waals surface area (Å²) in [6.07, 6.45) is 0. The molecule has 0 aliphatic rings. The van der Waals surface area contributed by atoms with Crippen LogP contribution in [0.15, 0.2) is 35.5 Å². The molecule has 1 N–H and O–H groups in total. The van der Waals surface area contributed by atoms with Gasteiger partial charge < -0.3 is 10.2 Å². The van der Waals surface area contributed by atoms with Gasteiger partial charge >= 0.3 is 0 Å². The number of nitrogens with one attached hydrogen (secondary N) is 1. The lowest BCUT2D eigenvalue weighted by Crippen LogP contribution is -2.22. The first kappa shape index (κ1) is 20.2. The fraction of sp³-hybridized carbons (Fsp3) is 0.450. The second kappa shape index (κ2) is 8.54. The number of benzene rings is 1. The van der Waals surface area contributed by atoms with Crippen molar-refractivity contribution in [1.29, 1.82) is 0 Å². The number of nitrogens with zero attached hydrogens (tertiary/aromatic N) is 3. The normalized spacial score (nSPS) is 11.3. The number of anilines is 1. The number of rotatable bonds is 6. The van der Waals surface area contributed by atoms with Gasteiger partial charge in [-0.1, -0.05) is 44.7 Å². The highest BCUT2D eigenvalue weighted by Crippen LogP contribution is 2.27. The lowest BCUT2D eigenvalue weighted by molar-refractivity contribution is 0.0955. The zero-order valence-electron chi connectivity index (χ0n) is 16.5. The van der Waals surface area contributed by atoms with Crippen molar-refractivity contribution in [1.82, 2.24) is 15.3 Å². The molecule has 1 aromatic carbocycles. The highest BCUT2D eigenvalue weighted by Gasteiger charge is 2.19. The maximum atomic E-state index is 12.0. The van der Waals surface area contributed by atoms with Crippen LogP contribution >= 0.6 is 11.8 Å². The summed E-state index contributed by atoms with van der Waals surface area (Å²) in [4.78, 5) is 23.4. The van der Waals surface area contributed by atoms with E-state index < -0.39 is 0 Å². The molecule has 0 aliphatic heterocycles. The molecule has 0 radical (unpaired) electrons. The van der Waals surface area contributed by atoms with Crippen LogP contribution in [0.25, 0.3) is 0 Å². The van der Waals surface area contributed by atoms with Gasteiger partial charge in [0.15, 0.2) is 5.16 Å². The molecule has 0 saturated heterocycles. The van der Waals surface area contributed by atoms with Crippen molar-refractivity contribution < 1.29 is 4.79 Å². The van der Waals surface area contributed by atoms with E-state index in [1.54, 1.807) is 11.8 Å². The molecule has 1 aromatic heterocycles. The van der Waals surface area contributed by atoms with Crippen molar-refractivity contribution in [2.75, 3.05) is 25.5 Å². The predicted octanol–water partition coefficient (Wildman–Crippen LogP) is 3.88. The molecular weight excluding hydrogens is 344 g/mol. The summed E-state index contributed by atoms with van der Waals surface area (Å²) in [5.41, 5.74) is 2.74. The third-order valence-corrected chi connectivity index (χ3v) is 4.73. The fourth-order valence-electron chi connectivity index (χ4n) is 2.30. The number of hydrogen-bond donors (Lipinski definition) is 1. The van der Waals surface area contributed by atoms with Crippen LogP contribution in [0, 0.1) is 0 Å². The zero-order chi connectivity index (χ0) is 19.3. The SMILES string of the molecule is CCNC(=O)c1cccc(CSc2nc(N(C)C)cc(C(C)(C)C)n2)c1. The Bertz CT molecular complexity index is 769. The Kier molecular flexibility index (Phi) is 6.64. The molecule has 2 rings (SSSR count). The van der Waals surface area contributed by atoms with Gasteiger partial charge in [0.1, 0.15) is 5.82 Å². The molecule has 0 aliphatic carbocycles. The van der Waals surface area contributed by atoms with Crippen LogP contribution in [0.1, 0.15) is 49.3 Å².